The van der Waals surface area contributed by atoms with Crippen molar-refractivity contribution < 1.29 is 0 Å². The fraction of sp³-hybridized carbons (Fsp3) is 0.571. The second-order valence-electron chi connectivity index (χ2n) is 4.54. The molecule has 1 rings (SSSR count). The fourth-order valence-corrected chi connectivity index (χ4v) is 1.63. The summed E-state index contributed by atoms with van der Waals surface area (Å²) in [6, 6.07) is 10.7. The summed E-state index contributed by atoms with van der Waals surface area (Å²) >= 11 is 0. The van der Waals surface area contributed by atoms with Crippen LogP contribution in [0.5, 0.6) is 0 Å². The molecule has 0 unspecified atom stereocenters. The topological polar surface area (TPSA) is 3.24 Å². The van der Waals surface area contributed by atoms with Gasteiger partial charge in [-0.2, -0.15) is 0 Å². The second kappa shape index (κ2) is 6.62. The Morgan fingerprint density at radius 1 is 1.13 bits per heavy atom. The number of benzene rings is 1. The number of hydrogen-bond donors (Lipinski definition) is 0. The van der Waals surface area contributed by atoms with Gasteiger partial charge in [0, 0.05) is 6.54 Å². The average Bonchev–Trinajstić information content (AvgIpc) is 2.25. The van der Waals surface area contributed by atoms with Crippen LogP contribution < -0.4 is 0 Å². The van der Waals surface area contributed by atoms with Gasteiger partial charge in [-0.25, -0.2) is 0 Å². The van der Waals surface area contributed by atoms with Gasteiger partial charge in [0.05, 0.1) is 0 Å². The zero-order chi connectivity index (χ0) is 11.1. The predicted molar refractivity (Wildman–Crippen MR) is 66.8 cm³/mol. The van der Waals surface area contributed by atoms with Crippen LogP contribution in [0.15, 0.2) is 30.3 Å². The molecule has 0 saturated carbocycles. The molecule has 1 aromatic carbocycles. The number of rotatable bonds is 6. The molecule has 0 atom stereocenters. The molecule has 0 aliphatic rings. The summed E-state index contributed by atoms with van der Waals surface area (Å²) in [6.45, 7) is 10.3. The average molecular weight is 205 g/mol. The van der Waals surface area contributed by atoms with Crippen LogP contribution in [0.4, 0.5) is 0 Å². The third-order valence-electron chi connectivity index (χ3n) is 2.72. The van der Waals surface area contributed by atoms with Crippen LogP contribution in [0.2, 0.25) is 0 Å². The van der Waals surface area contributed by atoms with Gasteiger partial charge in [0.15, 0.2) is 0 Å². The Morgan fingerprint density at radius 3 is 2.33 bits per heavy atom. The molecule has 0 heterocycles. The Labute approximate surface area is 94.1 Å². The normalized spacial score (nSPS) is 11.3. The maximum atomic E-state index is 2.51. The van der Waals surface area contributed by atoms with Gasteiger partial charge in [0.25, 0.3) is 0 Å². The molecule has 0 fully saturated rings. The van der Waals surface area contributed by atoms with Gasteiger partial charge in [-0.1, -0.05) is 51.1 Å². The van der Waals surface area contributed by atoms with Gasteiger partial charge in [0.2, 0.25) is 0 Å². The molecular formula is C14H23N. The lowest BCUT2D eigenvalue weighted by atomic mass is 10.1. The zero-order valence-corrected chi connectivity index (χ0v) is 10.2. The first-order chi connectivity index (χ1) is 7.22. The number of nitrogens with zero attached hydrogens (tertiary/aromatic N) is 1. The van der Waals surface area contributed by atoms with Crippen LogP contribution in [0.1, 0.15) is 32.8 Å². The lowest BCUT2D eigenvalue weighted by Gasteiger charge is -2.21. The molecule has 0 aliphatic carbocycles. The predicted octanol–water partition coefficient (Wildman–Crippen LogP) is 3.55. The Bertz CT molecular complexity index is 253. The van der Waals surface area contributed by atoms with Gasteiger partial charge in [-0.05, 0) is 31.0 Å². The summed E-state index contributed by atoms with van der Waals surface area (Å²) in [4.78, 5) is 2.51. The van der Waals surface area contributed by atoms with Crippen LogP contribution in [0, 0.1) is 5.92 Å². The highest BCUT2D eigenvalue weighted by Crippen LogP contribution is 2.07. The van der Waals surface area contributed by atoms with Crippen molar-refractivity contribution in [2.75, 3.05) is 13.1 Å². The molecule has 0 amide bonds. The van der Waals surface area contributed by atoms with Gasteiger partial charge in [0.1, 0.15) is 0 Å². The summed E-state index contributed by atoms with van der Waals surface area (Å²) in [7, 11) is 0. The summed E-state index contributed by atoms with van der Waals surface area (Å²) in [5, 5.41) is 0. The molecule has 84 valence electrons. The van der Waals surface area contributed by atoms with Crippen molar-refractivity contribution in [2.24, 2.45) is 5.92 Å². The first kappa shape index (κ1) is 12.3. The lowest BCUT2D eigenvalue weighted by molar-refractivity contribution is 0.262. The first-order valence-corrected chi connectivity index (χ1v) is 5.98. The SMILES string of the molecule is CCN(CCC(C)C)Cc1ccccc1. The molecule has 1 nitrogen and oxygen atoms in total. The first-order valence-electron chi connectivity index (χ1n) is 5.98. The van der Waals surface area contributed by atoms with E-state index in [1.807, 2.05) is 0 Å². The Kier molecular flexibility index (Phi) is 5.41. The van der Waals surface area contributed by atoms with Crippen molar-refractivity contribution in [1.29, 1.82) is 0 Å². The molecule has 0 aromatic heterocycles. The van der Waals surface area contributed by atoms with Gasteiger partial charge >= 0.3 is 0 Å². The molecule has 0 spiro atoms. The van der Waals surface area contributed by atoms with Crippen molar-refractivity contribution in [3.05, 3.63) is 35.9 Å². The van der Waals surface area contributed by atoms with Crippen LogP contribution >= 0.6 is 0 Å². The van der Waals surface area contributed by atoms with Crippen molar-refractivity contribution >= 4 is 0 Å². The molecular weight excluding hydrogens is 182 g/mol. The van der Waals surface area contributed by atoms with E-state index in [0.717, 1.165) is 19.0 Å². The van der Waals surface area contributed by atoms with E-state index < -0.39 is 0 Å². The smallest absolute Gasteiger partial charge is 0.0233 e. The monoisotopic (exact) mass is 205 g/mol. The van der Waals surface area contributed by atoms with E-state index in [-0.39, 0.29) is 0 Å². The molecule has 0 saturated heterocycles. The molecule has 0 radical (unpaired) electrons. The Morgan fingerprint density at radius 2 is 1.80 bits per heavy atom. The summed E-state index contributed by atoms with van der Waals surface area (Å²) in [5.41, 5.74) is 1.42. The van der Waals surface area contributed by atoms with Gasteiger partial charge in [-0.15, -0.1) is 0 Å². The highest BCUT2D eigenvalue weighted by atomic mass is 15.1. The minimum atomic E-state index is 0.801. The van der Waals surface area contributed by atoms with Crippen molar-refractivity contribution in [2.45, 2.75) is 33.7 Å². The largest absolute Gasteiger partial charge is 0.299 e. The minimum absolute atomic E-state index is 0.801. The minimum Gasteiger partial charge on any atom is -0.299 e. The molecule has 0 N–H and O–H groups in total. The van der Waals surface area contributed by atoms with E-state index in [2.05, 4.69) is 56.0 Å². The second-order valence-corrected chi connectivity index (χ2v) is 4.54. The van der Waals surface area contributed by atoms with E-state index in [4.69, 9.17) is 0 Å². The van der Waals surface area contributed by atoms with Crippen molar-refractivity contribution in [3.63, 3.8) is 0 Å². The molecule has 15 heavy (non-hydrogen) atoms. The van der Waals surface area contributed by atoms with E-state index >= 15 is 0 Å². The van der Waals surface area contributed by atoms with Crippen LogP contribution in [-0.4, -0.2) is 18.0 Å². The van der Waals surface area contributed by atoms with E-state index in [1.165, 1.54) is 18.5 Å². The summed E-state index contributed by atoms with van der Waals surface area (Å²) in [5.74, 6) is 0.801. The lowest BCUT2D eigenvalue weighted by Crippen LogP contribution is -2.24. The third-order valence-corrected chi connectivity index (χ3v) is 2.72. The number of hydrogen-bond acceptors (Lipinski definition) is 1. The van der Waals surface area contributed by atoms with E-state index in [0.29, 0.717) is 0 Å². The van der Waals surface area contributed by atoms with Gasteiger partial charge < -0.3 is 0 Å². The van der Waals surface area contributed by atoms with E-state index in [9.17, 15) is 0 Å². The molecule has 1 heteroatoms. The zero-order valence-electron chi connectivity index (χ0n) is 10.2. The van der Waals surface area contributed by atoms with Gasteiger partial charge in [-0.3, -0.25) is 4.90 Å². The fourth-order valence-electron chi connectivity index (χ4n) is 1.63. The Hall–Kier alpha value is -0.820. The maximum Gasteiger partial charge on any atom is 0.0233 e. The van der Waals surface area contributed by atoms with Crippen molar-refractivity contribution in [3.8, 4) is 0 Å². The Balaban J connectivity index is 2.40. The molecule has 0 bridgehead atoms. The molecule has 1 aromatic rings. The highest BCUT2D eigenvalue weighted by molar-refractivity contribution is 5.14. The van der Waals surface area contributed by atoms with Crippen molar-refractivity contribution in [1.82, 2.24) is 4.90 Å². The van der Waals surface area contributed by atoms with Crippen LogP contribution in [-0.2, 0) is 6.54 Å². The third kappa shape index (κ3) is 4.98. The highest BCUT2D eigenvalue weighted by Gasteiger charge is 2.04. The molecule has 0 aliphatic heterocycles. The standard InChI is InChI=1S/C14H23N/c1-4-15(11-10-13(2)3)12-14-8-6-5-7-9-14/h5-9,13H,4,10-12H2,1-3H3. The quantitative estimate of drug-likeness (QED) is 0.686. The van der Waals surface area contributed by atoms with Crippen LogP contribution in [0.3, 0.4) is 0 Å². The maximum absolute atomic E-state index is 2.51. The summed E-state index contributed by atoms with van der Waals surface area (Å²) < 4.78 is 0. The van der Waals surface area contributed by atoms with Crippen LogP contribution in [0.25, 0.3) is 0 Å². The summed E-state index contributed by atoms with van der Waals surface area (Å²) in [6.07, 6.45) is 1.29. The van der Waals surface area contributed by atoms with E-state index in [1.54, 1.807) is 0 Å².